The van der Waals surface area contributed by atoms with E-state index in [4.69, 9.17) is 0 Å². The van der Waals surface area contributed by atoms with E-state index in [9.17, 15) is 4.79 Å². The molecule has 4 heteroatoms. The summed E-state index contributed by atoms with van der Waals surface area (Å²) >= 11 is 0. The molecule has 0 N–H and O–H groups in total. The predicted molar refractivity (Wildman–Crippen MR) is 115 cm³/mol. The Bertz CT molecular complexity index is 1030. The van der Waals surface area contributed by atoms with E-state index in [1.54, 1.807) is 6.08 Å². The zero-order valence-electron chi connectivity index (χ0n) is 16.4. The molecule has 1 unspecified atom stereocenters. The van der Waals surface area contributed by atoms with Crippen LogP contribution in [-0.4, -0.2) is 43.0 Å². The molecular weight excluding hydrogens is 346 g/mol. The highest BCUT2D eigenvalue weighted by Crippen LogP contribution is 2.30. The van der Waals surface area contributed by atoms with Crippen LogP contribution >= 0.6 is 0 Å². The lowest BCUT2D eigenvalue weighted by Gasteiger charge is -2.35. The molecule has 0 spiro atoms. The van der Waals surface area contributed by atoms with E-state index in [2.05, 4.69) is 42.2 Å². The summed E-state index contributed by atoms with van der Waals surface area (Å²) in [4.78, 5) is 21.6. The molecule has 2 heterocycles. The van der Waals surface area contributed by atoms with Crippen molar-refractivity contribution in [2.75, 3.05) is 32.1 Å². The molecule has 0 saturated heterocycles. The lowest BCUT2D eigenvalue weighted by atomic mass is 9.92. The van der Waals surface area contributed by atoms with Crippen LogP contribution in [0.25, 0.3) is 17.0 Å². The fraction of sp³-hybridized carbons (Fsp3) is 0.250. The average molecular weight is 371 g/mol. The summed E-state index contributed by atoms with van der Waals surface area (Å²) in [5.74, 6) is 0.452. The molecule has 1 aliphatic rings. The Morgan fingerprint density at radius 2 is 1.96 bits per heavy atom. The number of anilines is 1. The first-order chi connectivity index (χ1) is 13.6. The molecule has 0 saturated carbocycles. The first-order valence-electron chi connectivity index (χ1n) is 9.67. The van der Waals surface area contributed by atoms with Gasteiger partial charge in [-0.15, -0.1) is 0 Å². The monoisotopic (exact) mass is 371 g/mol. The molecule has 2 aromatic carbocycles. The van der Waals surface area contributed by atoms with Crippen molar-refractivity contribution in [3.8, 4) is 0 Å². The number of nitrogens with zero attached hydrogens (tertiary/aromatic N) is 3. The largest absolute Gasteiger partial charge is 0.309 e. The number of carbonyl (C=O) groups excluding carboxylic acids is 1. The molecule has 3 aromatic rings. The number of pyridine rings is 1. The summed E-state index contributed by atoms with van der Waals surface area (Å²) in [7, 11) is 4.17. The smallest absolute Gasteiger partial charge is 0.251 e. The fourth-order valence-electron chi connectivity index (χ4n) is 3.96. The second-order valence-electron chi connectivity index (χ2n) is 7.70. The van der Waals surface area contributed by atoms with Crippen LogP contribution in [0.3, 0.4) is 0 Å². The van der Waals surface area contributed by atoms with Crippen molar-refractivity contribution in [2.24, 2.45) is 5.92 Å². The van der Waals surface area contributed by atoms with Gasteiger partial charge in [-0.25, -0.2) is 0 Å². The minimum Gasteiger partial charge on any atom is -0.309 e. The molecule has 0 aliphatic carbocycles. The van der Waals surface area contributed by atoms with Crippen molar-refractivity contribution in [3.05, 3.63) is 78.0 Å². The van der Waals surface area contributed by atoms with Crippen molar-refractivity contribution in [1.29, 1.82) is 0 Å². The van der Waals surface area contributed by atoms with Gasteiger partial charge in [-0.3, -0.25) is 9.78 Å². The van der Waals surface area contributed by atoms with Crippen LogP contribution in [0.2, 0.25) is 0 Å². The number of para-hydroxylation sites is 2. The third kappa shape index (κ3) is 3.97. The highest BCUT2D eigenvalue weighted by molar-refractivity contribution is 6.04. The van der Waals surface area contributed by atoms with Gasteiger partial charge < -0.3 is 9.80 Å². The van der Waals surface area contributed by atoms with E-state index in [1.165, 1.54) is 5.56 Å². The van der Waals surface area contributed by atoms with Gasteiger partial charge in [0.1, 0.15) is 0 Å². The second kappa shape index (κ2) is 7.95. The normalized spacial score (nSPS) is 16.7. The Morgan fingerprint density at radius 3 is 2.82 bits per heavy atom. The minimum absolute atomic E-state index is 0.0177. The standard InChI is InChI=1S/C24H25N3O/c1-26(2)16-19-14-21-8-4-6-10-23(21)27(17-19)24(28)12-11-18-13-20-7-3-5-9-22(20)25-15-18/h3-13,15,19H,14,16-17H2,1-2H3. The first-order valence-corrected chi connectivity index (χ1v) is 9.67. The maximum Gasteiger partial charge on any atom is 0.251 e. The molecule has 1 aromatic heterocycles. The van der Waals surface area contributed by atoms with Crippen LogP contribution in [-0.2, 0) is 11.2 Å². The van der Waals surface area contributed by atoms with Gasteiger partial charge >= 0.3 is 0 Å². The number of hydrogen-bond acceptors (Lipinski definition) is 3. The van der Waals surface area contributed by atoms with Gasteiger partial charge in [-0.05, 0) is 61.8 Å². The number of fused-ring (bicyclic) bond motifs is 2. The lowest BCUT2D eigenvalue weighted by molar-refractivity contribution is -0.114. The van der Waals surface area contributed by atoms with E-state index in [0.29, 0.717) is 5.92 Å². The minimum atomic E-state index is 0.0177. The molecule has 4 rings (SSSR count). The van der Waals surface area contributed by atoms with E-state index in [0.717, 1.165) is 41.7 Å². The maximum absolute atomic E-state index is 13.0. The van der Waals surface area contributed by atoms with Gasteiger partial charge in [-0.2, -0.15) is 0 Å². The van der Waals surface area contributed by atoms with E-state index < -0.39 is 0 Å². The van der Waals surface area contributed by atoms with Gasteiger partial charge in [0.15, 0.2) is 0 Å². The maximum atomic E-state index is 13.0. The van der Waals surface area contributed by atoms with Crippen molar-refractivity contribution < 1.29 is 4.79 Å². The van der Waals surface area contributed by atoms with E-state index >= 15 is 0 Å². The molecule has 0 radical (unpaired) electrons. The molecule has 4 nitrogen and oxygen atoms in total. The summed E-state index contributed by atoms with van der Waals surface area (Å²) in [5.41, 5.74) is 4.17. The summed E-state index contributed by atoms with van der Waals surface area (Å²) in [5, 5.41) is 1.08. The third-order valence-corrected chi connectivity index (χ3v) is 5.15. The number of aromatic nitrogens is 1. The number of benzene rings is 2. The summed E-state index contributed by atoms with van der Waals surface area (Å²) in [6.45, 7) is 1.71. The van der Waals surface area contributed by atoms with Crippen LogP contribution in [0, 0.1) is 5.92 Å². The highest BCUT2D eigenvalue weighted by atomic mass is 16.2. The topological polar surface area (TPSA) is 36.4 Å². The molecule has 0 bridgehead atoms. The quantitative estimate of drug-likeness (QED) is 0.650. The number of carbonyl (C=O) groups is 1. The molecule has 1 amide bonds. The molecule has 142 valence electrons. The fourth-order valence-corrected chi connectivity index (χ4v) is 3.96. The third-order valence-electron chi connectivity index (χ3n) is 5.15. The van der Waals surface area contributed by atoms with Crippen LogP contribution in [0.15, 0.2) is 66.9 Å². The number of amides is 1. The average Bonchev–Trinajstić information content (AvgIpc) is 2.70. The Morgan fingerprint density at radius 1 is 1.18 bits per heavy atom. The molecule has 28 heavy (non-hydrogen) atoms. The second-order valence-corrected chi connectivity index (χ2v) is 7.70. The van der Waals surface area contributed by atoms with Gasteiger partial charge in [0.25, 0.3) is 5.91 Å². The Balaban J connectivity index is 1.57. The molecular formula is C24H25N3O. The van der Waals surface area contributed by atoms with Crippen LogP contribution in [0.4, 0.5) is 5.69 Å². The number of rotatable bonds is 4. The number of hydrogen-bond donors (Lipinski definition) is 0. The summed E-state index contributed by atoms with van der Waals surface area (Å²) in [6, 6.07) is 18.3. The van der Waals surface area contributed by atoms with Gasteiger partial charge in [-0.1, -0.05) is 36.4 Å². The van der Waals surface area contributed by atoms with E-state index in [-0.39, 0.29) is 5.91 Å². The molecule has 1 aliphatic heterocycles. The Kier molecular flexibility index (Phi) is 5.22. The van der Waals surface area contributed by atoms with Crippen LogP contribution < -0.4 is 4.90 Å². The lowest BCUT2D eigenvalue weighted by Crippen LogP contribution is -2.42. The van der Waals surface area contributed by atoms with Crippen molar-refractivity contribution in [2.45, 2.75) is 6.42 Å². The van der Waals surface area contributed by atoms with Gasteiger partial charge in [0.05, 0.1) is 5.52 Å². The summed E-state index contributed by atoms with van der Waals surface area (Å²) in [6.07, 6.45) is 6.35. The summed E-state index contributed by atoms with van der Waals surface area (Å²) < 4.78 is 0. The van der Waals surface area contributed by atoms with E-state index in [1.807, 2.05) is 53.6 Å². The SMILES string of the molecule is CN(C)CC1Cc2ccccc2N(C(=O)C=Cc2cnc3ccccc3c2)C1. The Hall–Kier alpha value is -2.98. The predicted octanol–water partition coefficient (Wildman–Crippen LogP) is 4.02. The van der Waals surface area contributed by atoms with Gasteiger partial charge in [0, 0.05) is 36.4 Å². The molecule has 0 fully saturated rings. The highest BCUT2D eigenvalue weighted by Gasteiger charge is 2.27. The van der Waals surface area contributed by atoms with Crippen molar-refractivity contribution in [1.82, 2.24) is 9.88 Å². The van der Waals surface area contributed by atoms with Crippen LogP contribution in [0.5, 0.6) is 0 Å². The zero-order chi connectivity index (χ0) is 19.5. The van der Waals surface area contributed by atoms with Gasteiger partial charge in [0.2, 0.25) is 0 Å². The zero-order valence-corrected chi connectivity index (χ0v) is 16.4. The van der Waals surface area contributed by atoms with Crippen LogP contribution in [0.1, 0.15) is 11.1 Å². The molecule has 1 atom stereocenters. The van der Waals surface area contributed by atoms with Crippen molar-refractivity contribution >= 4 is 28.6 Å². The first kappa shape index (κ1) is 18.4. The Labute approximate surface area is 166 Å². The van der Waals surface area contributed by atoms with Crippen molar-refractivity contribution in [3.63, 3.8) is 0 Å².